The first kappa shape index (κ1) is 9.87. The van der Waals surface area contributed by atoms with Crippen molar-refractivity contribution >= 4 is 0 Å². The molecule has 1 rings (SSSR count). The van der Waals surface area contributed by atoms with Gasteiger partial charge in [0.25, 0.3) is 0 Å². The van der Waals surface area contributed by atoms with E-state index in [9.17, 15) is 13.2 Å². The molecule has 0 heterocycles. The summed E-state index contributed by atoms with van der Waals surface area (Å²) in [5, 5.41) is 0. The number of hydrogen-bond acceptors (Lipinski definition) is 0. The van der Waals surface area contributed by atoms with E-state index >= 15 is 0 Å². The highest BCUT2D eigenvalue weighted by atomic mass is 19.4. The van der Waals surface area contributed by atoms with Crippen LogP contribution in [0.5, 0.6) is 0 Å². The van der Waals surface area contributed by atoms with Crippen LogP contribution in [0.25, 0.3) is 0 Å². The lowest BCUT2D eigenvalue weighted by molar-refractivity contribution is -0.236. The molecular formula is C9H15F3. The van der Waals surface area contributed by atoms with Gasteiger partial charge in [-0.2, -0.15) is 13.2 Å². The van der Waals surface area contributed by atoms with Gasteiger partial charge in [-0.05, 0) is 25.2 Å². The van der Waals surface area contributed by atoms with Gasteiger partial charge in [-0.25, -0.2) is 0 Å². The molecule has 1 aliphatic carbocycles. The van der Waals surface area contributed by atoms with Crippen molar-refractivity contribution in [3.05, 3.63) is 0 Å². The van der Waals surface area contributed by atoms with Crippen molar-refractivity contribution in [3.8, 4) is 0 Å². The van der Waals surface area contributed by atoms with Crippen LogP contribution < -0.4 is 0 Å². The van der Waals surface area contributed by atoms with Gasteiger partial charge in [-0.3, -0.25) is 0 Å². The lowest BCUT2D eigenvalue weighted by Crippen LogP contribution is -2.39. The zero-order chi connectivity index (χ0) is 9.41. The summed E-state index contributed by atoms with van der Waals surface area (Å²) in [4.78, 5) is 0. The van der Waals surface area contributed by atoms with Crippen LogP contribution in [0.15, 0.2) is 0 Å². The van der Waals surface area contributed by atoms with Crippen molar-refractivity contribution < 1.29 is 13.2 Å². The molecule has 0 aromatic carbocycles. The fourth-order valence-corrected chi connectivity index (χ4v) is 2.39. The second-order valence-electron chi connectivity index (χ2n) is 3.80. The molecule has 2 unspecified atom stereocenters. The van der Waals surface area contributed by atoms with Gasteiger partial charge in [0, 0.05) is 0 Å². The Hall–Kier alpha value is -0.210. The molecule has 1 aliphatic rings. The van der Waals surface area contributed by atoms with Gasteiger partial charge in [-0.15, -0.1) is 0 Å². The molecule has 12 heavy (non-hydrogen) atoms. The topological polar surface area (TPSA) is 0 Å². The Kier molecular flexibility index (Phi) is 2.41. The molecule has 3 heteroatoms. The van der Waals surface area contributed by atoms with Crippen molar-refractivity contribution in [3.63, 3.8) is 0 Å². The van der Waals surface area contributed by atoms with Crippen LogP contribution >= 0.6 is 0 Å². The van der Waals surface area contributed by atoms with Crippen LogP contribution in [0.4, 0.5) is 13.2 Å². The first-order valence-electron chi connectivity index (χ1n) is 4.51. The van der Waals surface area contributed by atoms with E-state index in [0.717, 1.165) is 12.8 Å². The quantitative estimate of drug-likeness (QED) is 0.576. The predicted molar refractivity (Wildman–Crippen MR) is 41.8 cm³/mol. The third-order valence-electron chi connectivity index (χ3n) is 3.40. The van der Waals surface area contributed by atoms with Crippen LogP contribution in [0.1, 0.15) is 39.5 Å². The molecule has 0 aromatic heterocycles. The fraction of sp³-hybridized carbons (Fsp3) is 1.00. The molecule has 0 bridgehead atoms. The third-order valence-corrected chi connectivity index (χ3v) is 3.40. The van der Waals surface area contributed by atoms with Crippen molar-refractivity contribution in [2.24, 2.45) is 11.3 Å². The van der Waals surface area contributed by atoms with E-state index in [4.69, 9.17) is 0 Å². The van der Waals surface area contributed by atoms with E-state index in [1.807, 2.05) is 0 Å². The molecule has 72 valence electrons. The van der Waals surface area contributed by atoms with E-state index in [0.29, 0.717) is 6.42 Å². The zero-order valence-electron chi connectivity index (χ0n) is 7.54. The Morgan fingerprint density at radius 3 is 2.17 bits per heavy atom. The normalized spacial score (nSPS) is 37.2. The van der Waals surface area contributed by atoms with E-state index in [-0.39, 0.29) is 12.3 Å². The minimum Gasteiger partial charge on any atom is -0.170 e. The highest BCUT2D eigenvalue weighted by Gasteiger charge is 2.57. The highest BCUT2D eigenvalue weighted by Crippen LogP contribution is 2.55. The molecule has 0 aromatic rings. The Bertz CT molecular complexity index is 162. The number of rotatable bonds is 1. The molecule has 0 saturated heterocycles. The van der Waals surface area contributed by atoms with Crippen molar-refractivity contribution in [1.29, 1.82) is 0 Å². The summed E-state index contributed by atoms with van der Waals surface area (Å²) in [6.45, 7) is 3.37. The Balaban J connectivity index is 2.89. The highest BCUT2D eigenvalue weighted by molar-refractivity contribution is 4.94. The molecule has 2 atom stereocenters. The zero-order valence-corrected chi connectivity index (χ0v) is 7.54. The minimum atomic E-state index is -4.00. The molecule has 0 spiro atoms. The maximum Gasteiger partial charge on any atom is 0.394 e. The number of halogens is 3. The van der Waals surface area contributed by atoms with Gasteiger partial charge in [0.2, 0.25) is 0 Å². The van der Waals surface area contributed by atoms with Crippen molar-refractivity contribution in [2.75, 3.05) is 0 Å². The van der Waals surface area contributed by atoms with Crippen LogP contribution in [0.3, 0.4) is 0 Å². The van der Waals surface area contributed by atoms with E-state index in [2.05, 4.69) is 0 Å². The number of alkyl halides is 3. The Labute approximate surface area is 71.1 Å². The number of hydrogen-bond donors (Lipinski definition) is 0. The summed E-state index contributed by atoms with van der Waals surface area (Å²) in [6, 6.07) is 0. The average molecular weight is 180 g/mol. The summed E-state index contributed by atoms with van der Waals surface area (Å²) in [7, 11) is 0. The van der Waals surface area contributed by atoms with E-state index in [1.165, 1.54) is 0 Å². The SMILES string of the molecule is CCC1(C(F)(F)F)CCCC1C. The van der Waals surface area contributed by atoms with Gasteiger partial charge in [0.15, 0.2) is 0 Å². The third kappa shape index (κ3) is 1.23. The fourth-order valence-electron chi connectivity index (χ4n) is 2.39. The van der Waals surface area contributed by atoms with Gasteiger partial charge in [0.1, 0.15) is 0 Å². The van der Waals surface area contributed by atoms with Gasteiger partial charge in [-0.1, -0.05) is 20.3 Å². The predicted octanol–water partition coefficient (Wildman–Crippen LogP) is 3.77. The maximum absolute atomic E-state index is 12.7. The molecular weight excluding hydrogens is 165 g/mol. The first-order valence-corrected chi connectivity index (χ1v) is 4.51. The van der Waals surface area contributed by atoms with Gasteiger partial charge < -0.3 is 0 Å². The summed E-state index contributed by atoms with van der Waals surface area (Å²) in [6.07, 6.45) is -1.98. The summed E-state index contributed by atoms with van der Waals surface area (Å²) in [5.41, 5.74) is -1.37. The van der Waals surface area contributed by atoms with Crippen LogP contribution in [0.2, 0.25) is 0 Å². The van der Waals surface area contributed by atoms with Crippen LogP contribution in [-0.2, 0) is 0 Å². The minimum absolute atomic E-state index is 0.192. The summed E-state index contributed by atoms with van der Waals surface area (Å²) >= 11 is 0. The molecule has 1 saturated carbocycles. The lowest BCUT2D eigenvalue weighted by Gasteiger charge is -2.34. The lowest BCUT2D eigenvalue weighted by atomic mass is 9.76. The van der Waals surface area contributed by atoms with E-state index in [1.54, 1.807) is 13.8 Å². The average Bonchev–Trinajstić information content (AvgIpc) is 2.30. The molecule has 0 amide bonds. The van der Waals surface area contributed by atoms with Crippen LogP contribution in [-0.4, -0.2) is 6.18 Å². The Morgan fingerprint density at radius 1 is 1.42 bits per heavy atom. The van der Waals surface area contributed by atoms with Crippen molar-refractivity contribution in [2.45, 2.75) is 45.7 Å². The monoisotopic (exact) mass is 180 g/mol. The van der Waals surface area contributed by atoms with Gasteiger partial charge >= 0.3 is 6.18 Å². The Morgan fingerprint density at radius 2 is 2.00 bits per heavy atom. The first-order chi connectivity index (χ1) is 5.44. The van der Waals surface area contributed by atoms with Crippen LogP contribution in [0, 0.1) is 11.3 Å². The van der Waals surface area contributed by atoms with Crippen molar-refractivity contribution in [1.82, 2.24) is 0 Å². The standard InChI is InChI=1S/C9H15F3/c1-3-8(9(10,11)12)6-4-5-7(8)2/h7H,3-6H2,1-2H3. The second kappa shape index (κ2) is 2.93. The molecule has 0 radical (unpaired) electrons. The van der Waals surface area contributed by atoms with Gasteiger partial charge in [0.05, 0.1) is 5.41 Å². The molecule has 0 aliphatic heterocycles. The molecule has 1 fully saturated rings. The molecule has 0 nitrogen and oxygen atoms in total. The van der Waals surface area contributed by atoms with E-state index < -0.39 is 11.6 Å². The summed E-state index contributed by atoms with van der Waals surface area (Å²) in [5.74, 6) is -0.192. The summed E-state index contributed by atoms with van der Waals surface area (Å²) < 4.78 is 38.0. The molecule has 0 N–H and O–H groups in total. The second-order valence-corrected chi connectivity index (χ2v) is 3.80. The smallest absolute Gasteiger partial charge is 0.170 e. The maximum atomic E-state index is 12.7. The largest absolute Gasteiger partial charge is 0.394 e.